The van der Waals surface area contributed by atoms with Gasteiger partial charge < -0.3 is 21.1 Å². The maximum Gasteiger partial charge on any atom is 0.225 e. The number of aromatic nitrogens is 4. The fraction of sp³-hybridized carbons (Fsp3) is 0.455. The summed E-state index contributed by atoms with van der Waals surface area (Å²) in [5.41, 5.74) is 5.86. The Hall–Kier alpha value is -3.41. The summed E-state index contributed by atoms with van der Waals surface area (Å²) < 4.78 is 49.3. The largest absolute Gasteiger partial charge is 0.379 e. The van der Waals surface area contributed by atoms with Gasteiger partial charge in [-0.1, -0.05) is 0 Å². The number of imidazole rings is 1. The molecule has 2 aliphatic rings. The number of hydrogen-bond donors (Lipinski definition) is 3. The normalized spacial score (nSPS) is 22.7. The molecule has 0 spiro atoms. The number of anilines is 3. The highest BCUT2D eigenvalue weighted by Crippen LogP contribution is 2.37. The first kappa shape index (κ1) is 22.4. The van der Waals surface area contributed by atoms with Gasteiger partial charge in [-0.3, -0.25) is 9.36 Å². The van der Waals surface area contributed by atoms with Gasteiger partial charge in [-0.2, -0.15) is 4.98 Å². The number of fused-ring (bicyclic) bond motifs is 1. The Labute approximate surface area is 192 Å². The second-order valence-corrected chi connectivity index (χ2v) is 8.69. The molecule has 2 fully saturated rings. The van der Waals surface area contributed by atoms with Crippen LogP contribution in [-0.4, -0.2) is 44.7 Å². The fourth-order valence-electron chi connectivity index (χ4n) is 4.62. The number of primary amides is 1. The molecule has 3 heterocycles. The van der Waals surface area contributed by atoms with Crippen molar-refractivity contribution in [1.82, 2.24) is 19.5 Å². The third-order valence-electron chi connectivity index (χ3n) is 6.40. The summed E-state index contributed by atoms with van der Waals surface area (Å²) in [6.45, 7) is 1.21. The van der Waals surface area contributed by atoms with E-state index in [0.29, 0.717) is 68.1 Å². The summed E-state index contributed by atoms with van der Waals surface area (Å²) in [7, 11) is 0. The van der Waals surface area contributed by atoms with Crippen molar-refractivity contribution in [2.75, 3.05) is 23.8 Å². The molecule has 12 heteroatoms. The maximum absolute atomic E-state index is 14.4. The van der Waals surface area contributed by atoms with Gasteiger partial charge in [0.15, 0.2) is 17.3 Å². The molecular weight excluding hydrogens is 451 g/mol. The lowest BCUT2D eigenvalue weighted by Gasteiger charge is -2.29. The molecular formula is C22H24F3N7O2. The van der Waals surface area contributed by atoms with Gasteiger partial charge in [0.25, 0.3) is 0 Å². The number of nitrogens with two attached hydrogens (primary N) is 1. The minimum Gasteiger partial charge on any atom is -0.379 e. The highest BCUT2D eigenvalue weighted by Gasteiger charge is 2.30. The summed E-state index contributed by atoms with van der Waals surface area (Å²) >= 11 is 0. The van der Waals surface area contributed by atoms with Crippen LogP contribution < -0.4 is 16.4 Å². The van der Waals surface area contributed by atoms with Crippen LogP contribution >= 0.6 is 0 Å². The van der Waals surface area contributed by atoms with Crippen LogP contribution in [0.2, 0.25) is 0 Å². The van der Waals surface area contributed by atoms with Crippen molar-refractivity contribution < 1.29 is 22.7 Å². The van der Waals surface area contributed by atoms with Gasteiger partial charge in [-0.05, 0) is 32.1 Å². The first-order valence-electron chi connectivity index (χ1n) is 11.2. The molecule has 0 bridgehead atoms. The monoisotopic (exact) mass is 475 g/mol. The Bertz CT molecular complexity index is 1200. The Kier molecular flexibility index (Phi) is 5.98. The van der Waals surface area contributed by atoms with Gasteiger partial charge >= 0.3 is 0 Å². The second kappa shape index (κ2) is 9.09. The van der Waals surface area contributed by atoms with Gasteiger partial charge in [0, 0.05) is 30.7 Å². The van der Waals surface area contributed by atoms with Crippen LogP contribution in [0.4, 0.5) is 30.8 Å². The SMILES string of the molecule is NC(=O)[C@H]1CC[C@@H](n2c(Nc3c(F)cc(F)cc3F)nc3cnc(N[C@@H]4CCOC4)nc32)CC1. The van der Waals surface area contributed by atoms with Crippen molar-refractivity contribution in [1.29, 1.82) is 0 Å². The number of nitrogens with one attached hydrogen (secondary N) is 2. The van der Waals surface area contributed by atoms with Crippen LogP contribution in [0.1, 0.15) is 38.1 Å². The zero-order valence-corrected chi connectivity index (χ0v) is 18.2. The average Bonchev–Trinajstić information content (AvgIpc) is 3.43. The Morgan fingerprint density at radius 3 is 2.47 bits per heavy atom. The van der Waals surface area contributed by atoms with E-state index in [2.05, 4.69) is 25.6 Å². The molecule has 5 rings (SSSR count). The predicted molar refractivity (Wildman–Crippen MR) is 118 cm³/mol. The number of nitrogens with zero attached hydrogens (tertiary/aromatic N) is 4. The number of carbonyl (C=O) groups excluding carboxylic acids is 1. The molecule has 1 aliphatic heterocycles. The van der Waals surface area contributed by atoms with Crippen LogP contribution in [0.5, 0.6) is 0 Å². The molecule has 1 saturated heterocycles. The van der Waals surface area contributed by atoms with Crippen LogP contribution in [0.25, 0.3) is 11.2 Å². The van der Waals surface area contributed by atoms with Crippen molar-refractivity contribution in [3.63, 3.8) is 0 Å². The van der Waals surface area contributed by atoms with Gasteiger partial charge in [-0.25, -0.2) is 23.1 Å². The molecule has 0 unspecified atom stereocenters. The van der Waals surface area contributed by atoms with Gasteiger partial charge in [0.05, 0.1) is 18.8 Å². The van der Waals surface area contributed by atoms with Crippen LogP contribution in [0.3, 0.4) is 0 Å². The van der Waals surface area contributed by atoms with Crippen LogP contribution in [0, 0.1) is 23.4 Å². The minimum absolute atomic E-state index is 0.0832. The number of amides is 1. The smallest absolute Gasteiger partial charge is 0.225 e. The summed E-state index contributed by atoms with van der Waals surface area (Å²) in [4.78, 5) is 25.0. The maximum atomic E-state index is 14.4. The zero-order valence-electron chi connectivity index (χ0n) is 18.2. The van der Waals surface area contributed by atoms with E-state index in [9.17, 15) is 18.0 Å². The van der Waals surface area contributed by atoms with Crippen molar-refractivity contribution in [2.45, 2.75) is 44.2 Å². The minimum atomic E-state index is -1.08. The van der Waals surface area contributed by atoms with E-state index in [-0.39, 0.29) is 29.9 Å². The number of hydrogen-bond acceptors (Lipinski definition) is 7. The van der Waals surface area contributed by atoms with Crippen molar-refractivity contribution in [3.05, 3.63) is 35.8 Å². The molecule has 4 N–H and O–H groups in total. The number of rotatable bonds is 6. The topological polar surface area (TPSA) is 120 Å². The van der Waals surface area contributed by atoms with E-state index in [1.807, 2.05) is 0 Å². The van der Waals surface area contributed by atoms with Crippen molar-refractivity contribution in [3.8, 4) is 0 Å². The summed E-state index contributed by atoms with van der Waals surface area (Å²) in [6, 6.07) is 1.14. The summed E-state index contributed by atoms with van der Waals surface area (Å²) in [6.07, 6.45) is 4.72. The molecule has 1 amide bonds. The molecule has 1 aliphatic carbocycles. The quantitative estimate of drug-likeness (QED) is 0.500. The Balaban J connectivity index is 1.54. The molecule has 9 nitrogen and oxygen atoms in total. The molecule has 180 valence electrons. The first-order chi connectivity index (χ1) is 16.4. The van der Waals surface area contributed by atoms with E-state index in [1.54, 1.807) is 4.57 Å². The standard InChI is InChI=1S/C22H24F3N7O2/c23-12-7-15(24)18(16(25)8-12)30-22-29-17-9-27-21(28-13-5-6-34-10-13)31-20(17)32(22)14-3-1-11(2-4-14)19(26)33/h7-9,11,13-14H,1-6,10H2,(H2,26,33)(H,29,30)(H,27,28,31)/t11-,13-,14+/m1/s1. The lowest BCUT2D eigenvalue weighted by molar-refractivity contribution is -0.122. The van der Waals surface area contributed by atoms with E-state index >= 15 is 0 Å². The lowest BCUT2D eigenvalue weighted by atomic mass is 9.85. The number of halogens is 3. The van der Waals surface area contributed by atoms with E-state index in [0.717, 1.165) is 6.42 Å². The van der Waals surface area contributed by atoms with Crippen molar-refractivity contribution >= 4 is 34.7 Å². The summed E-state index contributed by atoms with van der Waals surface area (Å²) in [5, 5.41) is 5.92. The second-order valence-electron chi connectivity index (χ2n) is 8.69. The molecule has 1 aromatic carbocycles. The Morgan fingerprint density at radius 2 is 1.82 bits per heavy atom. The molecule has 3 aromatic rings. The van der Waals surface area contributed by atoms with Crippen LogP contribution in [0.15, 0.2) is 18.3 Å². The molecule has 2 aromatic heterocycles. The summed E-state index contributed by atoms with van der Waals surface area (Å²) in [5.74, 6) is -3.19. The molecule has 1 atom stereocenters. The molecule has 1 saturated carbocycles. The molecule has 34 heavy (non-hydrogen) atoms. The lowest BCUT2D eigenvalue weighted by Crippen LogP contribution is -2.29. The fourth-order valence-corrected chi connectivity index (χ4v) is 4.62. The highest BCUT2D eigenvalue weighted by molar-refractivity contribution is 5.78. The Morgan fingerprint density at radius 1 is 1.09 bits per heavy atom. The molecule has 0 radical (unpaired) electrons. The first-order valence-corrected chi connectivity index (χ1v) is 11.2. The predicted octanol–water partition coefficient (Wildman–Crippen LogP) is 3.40. The van der Waals surface area contributed by atoms with Gasteiger partial charge in [-0.15, -0.1) is 0 Å². The third-order valence-corrected chi connectivity index (χ3v) is 6.40. The number of benzene rings is 1. The number of ether oxygens (including phenoxy) is 1. The van der Waals surface area contributed by atoms with E-state index in [1.165, 1.54) is 6.20 Å². The number of carbonyl (C=O) groups is 1. The van der Waals surface area contributed by atoms with Crippen LogP contribution in [-0.2, 0) is 9.53 Å². The van der Waals surface area contributed by atoms with Gasteiger partial charge in [0.1, 0.15) is 17.0 Å². The van der Waals surface area contributed by atoms with E-state index < -0.39 is 23.1 Å². The van der Waals surface area contributed by atoms with E-state index in [4.69, 9.17) is 10.5 Å². The highest BCUT2D eigenvalue weighted by atomic mass is 19.1. The van der Waals surface area contributed by atoms with Gasteiger partial charge in [0.2, 0.25) is 17.8 Å². The third kappa shape index (κ3) is 4.37. The van der Waals surface area contributed by atoms with Crippen molar-refractivity contribution in [2.24, 2.45) is 11.7 Å². The average molecular weight is 475 g/mol. The zero-order chi connectivity index (χ0) is 23.8.